The van der Waals surface area contributed by atoms with Crippen LogP contribution in [0.5, 0.6) is 11.5 Å². The predicted molar refractivity (Wildman–Crippen MR) is 99.7 cm³/mol. The van der Waals surface area contributed by atoms with Crippen molar-refractivity contribution in [2.24, 2.45) is 0 Å². The fourth-order valence-electron chi connectivity index (χ4n) is 3.55. The van der Waals surface area contributed by atoms with Crippen molar-refractivity contribution < 1.29 is 23.5 Å². The Balaban J connectivity index is 1.65. The Morgan fingerprint density at radius 1 is 1.15 bits per heavy atom. The van der Waals surface area contributed by atoms with Crippen molar-refractivity contribution in [2.45, 2.75) is 32.9 Å². The Labute approximate surface area is 164 Å². The first-order valence-corrected chi connectivity index (χ1v) is 9.38. The van der Waals surface area contributed by atoms with E-state index >= 15 is 0 Å². The van der Waals surface area contributed by atoms with Crippen molar-refractivity contribution in [3.63, 3.8) is 0 Å². The monoisotopic (exact) mass is 434 g/mol. The van der Waals surface area contributed by atoms with Gasteiger partial charge in [0.1, 0.15) is 30.3 Å². The number of halogens is 1. The Bertz CT molecular complexity index is 954. The number of carbonyl (C=O) groups is 2. The van der Waals surface area contributed by atoms with Gasteiger partial charge in [-0.3, -0.25) is 9.69 Å². The maximum Gasteiger partial charge on any atom is 0.325 e. The van der Waals surface area contributed by atoms with Crippen molar-refractivity contribution in [3.8, 4) is 11.5 Å². The lowest BCUT2D eigenvalue weighted by Gasteiger charge is -2.22. The van der Waals surface area contributed by atoms with Crippen LogP contribution in [0.2, 0.25) is 0 Å². The number of nitrogens with one attached hydrogen (secondary N) is 1. The van der Waals surface area contributed by atoms with Gasteiger partial charge in [-0.2, -0.15) is 0 Å². The topological polar surface area (TPSA) is 81.0 Å². The van der Waals surface area contributed by atoms with Crippen molar-refractivity contribution in [2.75, 3.05) is 13.2 Å². The number of ether oxygens (including phenoxy) is 2. The maximum atomic E-state index is 13.1. The molecule has 0 saturated carbocycles. The molecule has 27 heavy (non-hydrogen) atoms. The zero-order valence-corrected chi connectivity index (χ0v) is 16.8. The van der Waals surface area contributed by atoms with E-state index in [4.69, 9.17) is 13.9 Å². The van der Waals surface area contributed by atoms with Gasteiger partial charge >= 0.3 is 6.03 Å². The van der Waals surface area contributed by atoms with E-state index in [1.807, 2.05) is 6.92 Å². The fourth-order valence-corrected chi connectivity index (χ4v) is 4.00. The molecule has 2 aliphatic heterocycles. The first-order chi connectivity index (χ1) is 12.8. The van der Waals surface area contributed by atoms with E-state index < -0.39 is 11.6 Å². The van der Waals surface area contributed by atoms with Gasteiger partial charge in [-0.15, -0.1) is 0 Å². The summed E-state index contributed by atoms with van der Waals surface area (Å²) in [5.74, 6) is 2.24. The van der Waals surface area contributed by atoms with E-state index in [0.717, 1.165) is 10.0 Å². The normalized spacial score (nSPS) is 21.6. The molecule has 0 aliphatic carbocycles. The molecule has 1 N–H and O–H groups in total. The second-order valence-corrected chi connectivity index (χ2v) is 7.71. The maximum absolute atomic E-state index is 13.1. The first kappa shape index (κ1) is 17.9. The van der Waals surface area contributed by atoms with Gasteiger partial charge in [0.25, 0.3) is 5.91 Å². The fraction of sp³-hybridized carbons (Fsp3) is 0.368. The van der Waals surface area contributed by atoms with E-state index in [1.54, 1.807) is 32.0 Å². The molecule has 4 rings (SSSR count). The summed E-state index contributed by atoms with van der Waals surface area (Å²) in [5.41, 5.74) is 0.272. The number of aryl methyl sites for hydroxylation is 2. The molecule has 1 fully saturated rings. The van der Waals surface area contributed by atoms with Gasteiger partial charge in [0.15, 0.2) is 11.5 Å². The summed E-state index contributed by atoms with van der Waals surface area (Å²) in [4.78, 5) is 26.9. The highest BCUT2D eigenvalue weighted by molar-refractivity contribution is 9.10. The number of amides is 3. The summed E-state index contributed by atoms with van der Waals surface area (Å²) in [6, 6.07) is 4.94. The Morgan fingerprint density at radius 3 is 2.44 bits per heavy atom. The van der Waals surface area contributed by atoms with Crippen LogP contribution in [0.25, 0.3) is 0 Å². The summed E-state index contributed by atoms with van der Waals surface area (Å²) in [5, 5.41) is 2.81. The molecule has 8 heteroatoms. The molecule has 0 radical (unpaired) electrons. The molecule has 2 aromatic rings. The average Bonchev–Trinajstić information content (AvgIpc) is 3.07. The molecule has 3 heterocycles. The van der Waals surface area contributed by atoms with E-state index in [-0.39, 0.29) is 12.5 Å². The number of nitrogens with zero attached hydrogens (tertiary/aromatic N) is 1. The number of furan rings is 1. The minimum atomic E-state index is -1.15. The van der Waals surface area contributed by atoms with Gasteiger partial charge < -0.3 is 19.2 Å². The molecule has 0 unspecified atom stereocenters. The standard InChI is InChI=1S/C19H19BrN2O5/c1-10-6-13(11(2)27-10)19(3)17(23)22(18(24)21-19)9-12-7-15-16(8-14(12)20)26-5-4-25-15/h6-8H,4-5,9H2,1-3H3,(H,21,24)/t19-/m1/s1. The molecule has 142 valence electrons. The summed E-state index contributed by atoms with van der Waals surface area (Å²) in [6.07, 6.45) is 0. The lowest BCUT2D eigenvalue weighted by molar-refractivity contribution is -0.131. The van der Waals surface area contributed by atoms with Crippen molar-refractivity contribution in [1.29, 1.82) is 0 Å². The molecule has 1 atom stereocenters. The van der Waals surface area contributed by atoms with Crippen LogP contribution in [0.1, 0.15) is 29.6 Å². The third-order valence-electron chi connectivity index (χ3n) is 4.89. The highest BCUT2D eigenvalue weighted by Crippen LogP contribution is 2.38. The van der Waals surface area contributed by atoms with Crippen LogP contribution in [0, 0.1) is 13.8 Å². The molecule has 1 saturated heterocycles. The van der Waals surface area contributed by atoms with Gasteiger partial charge in [-0.05, 0) is 44.5 Å². The van der Waals surface area contributed by atoms with Crippen LogP contribution in [0.4, 0.5) is 4.79 Å². The third kappa shape index (κ3) is 2.88. The average molecular weight is 435 g/mol. The number of carbonyl (C=O) groups excluding carboxylic acids is 2. The van der Waals surface area contributed by atoms with Crippen molar-refractivity contribution in [3.05, 3.63) is 45.3 Å². The van der Waals surface area contributed by atoms with E-state index in [9.17, 15) is 9.59 Å². The summed E-state index contributed by atoms with van der Waals surface area (Å²) >= 11 is 3.49. The van der Waals surface area contributed by atoms with Gasteiger partial charge in [-0.1, -0.05) is 15.9 Å². The second-order valence-electron chi connectivity index (χ2n) is 6.86. The minimum Gasteiger partial charge on any atom is -0.486 e. The predicted octanol–water partition coefficient (Wildman–Crippen LogP) is 3.40. The molecule has 2 aliphatic rings. The van der Waals surface area contributed by atoms with Crippen LogP contribution >= 0.6 is 15.9 Å². The van der Waals surface area contributed by atoms with E-state index in [1.165, 1.54) is 4.90 Å². The summed E-state index contributed by atoms with van der Waals surface area (Å²) in [6.45, 7) is 6.37. The Morgan fingerprint density at radius 2 is 1.81 bits per heavy atom. The van der Waals surface area contributed by atoms with E-state index in [0.29, 0.717) is 41.8 Å². The molecular weight excluding hydrogens is 416 g/mol. The zero-order chi connectivity index (χ0) is 19.3. The second kappa shape index (κ2) is 6.30. The number of imide groups is 1. The number of hydrogen-bond donors (Lipinski definition) is 1. The molecule has 0 spiro atoms. The third-order valence-corrected chi connectivity index (χ3v) is 5.63. The van der Waals surface area contributed by atoms with Crippen LogP contribution in [-0.4, -0.2) is 30.1 Å². The number of hydrogen-bond acceptors (Lipinski definition) is 5. The molecule has 7 nitrogen and oxygen atoms in total. The quantitative estimate of drug-likeness (QED) is 0.748. The minimum absolute atomic E-state index is 0.118. The number of rotatable bonds is 3. The molecule has 1 aromatic heterocycles. The van der Waals surface area contributed by atoms with Crippen LogP contribution in [-0.2, 0) is 16.9 Å². The molecule has 3 amide bonds. The molecule has 0 bridgehead atoms. The van der Waals surface area contributed by atoms with Gasteiger partial charge in [0, 0.05) is 10.0 Å². The van der Waals surface area contributed by atoms with Crippen LogP contribution < -0.4 is 14.8 Å². The lowest BCUT2D eigenvalue weighted by Crippen LogP contribution is -2.41. The molecule has 1 aromatic carbocycles. The Hall–Kier alpha value is -2.48. The van der Waals surface area contributed by atoms with Crippen LogP contribution in [0.3, 0.4) is 0 Å². The number of benzene rings is 1. The van der Waals surface area contributed by atoms with Crippen molar-refractivity contribution >= 4 is 27.9 Å². The lowest BCUT2D eigenvalue weighted by atomic mass is 9.92. The largest absolute Gasteiger partial charge is 0.486 e. The zero-order valence-electron chi connectivity index (χ0n) is 15.2. The SMILES string of the molecule is Cc1cc([C@@]2(C)NC(=O)N(Cc3cc4c(cc3Br)OCCO4)C2=O)c(C)o1. The smallest absolute Gasteiger partial charge is 0.325 e. The highest BCUT2D eigenvalue weighted by Gasteiger charge is 2.50. The van der Waals surface area contributed by atoms with Gasteiger partial charge in [0.2, 0.25) is 0 Å². The highest BCUT2D eigenvalue weighted by atomic mass is 79.9. The summed E-state index contributed by atoms with van der Waals surface area (Å²) < 4.78 is 17.5. The summed E-state index contributed by atoms with van der Waals surface area (Å²) in [7, 11) is 0. The Kier molecular flexibility index (Phi) is 4.18. The van der Waals surface area contributed by atoms with Crippen LogP contribution in [0.15, 0.2) is 27.1 Å². The first-order valence-electron chi connectivity index (χ1n) is 8.59. The number of fused-ring (bicyclic) bond motifs is 1. The molecular formula is C19H19BrN2O5. The van der Waals surface area contributed by atoms with Gasteiger partial charge in [-0.25, -0.2) is 4.79 Å². The van der Waals surface area contributed by atoms with E-state index in [2.05, 4.69) is 21.2 Å². The van der Waals surface area contributed by atoms with Gasteiger partial charge in [0.05, 0.1) is 6.54 Å². The van der Waals surface area contributed by atoms with Crippen molar-refractivity contribution in [1.82, 2.24) is 10.2 Å². The number of urea groups is 1.